The molecule has 0 aromatic carbocycles. The minimum atomic E-state index is -0.969. The molecule has 0 aromatic heterocycles. The van der Waals surface area contributed by atoms with Crippen LogP contribution in [0.5, 0.6) is 0 Å². The van der Waals surface area contributed by atoms with Crippen LogP contribution in [0.2, 0.25) is 0 Å². The van der Waals surface area contributed by atoms with Crippen molar-refractivity contribution < 1.29 is 19.7 Å². The van der Waals surface area contributed by atoms with Gasteiger partial charge in [0.05, 0.1) is 11.6 Å². The van der Waals surface area contributed by atoms with E-state index in [0.717, 1.165) is 6.42 Å². The smallest absolute Gasteiger partial charge is 0.408 e. The SMILES string of the molecule is CC(C)(C)OC(=O)N[C@@]12CC[C@](C)([C@@H](O)[C@H]1O)C2(C)C. The topological polar surface area (TPSA) is 78.8 Å². The van der Waals surface area contributed by atoms with Crippen molar-refractivity contribution in [1.29, 1.82) is 0 Å². The largest absolute Gasteiger partial charge is 0.444 e. The Kier molecular flexibility index (Phi) is 3.20. The number of carbonyl (C=O) groups is 1. The monoisotopic (exact) mass is 285 g/mol. The molecule has 0 heterocycles. The Morgan fingerprint density at radius 3 is 2.10 bits per heavy atom. The quantitative estimate of drug-likeness (QED) is 0.686. The summed E-state index contributed by atoms with van der Waals surface area (Å²) >= 11 is 0. The minimum absolute atomic E-state index is 0.401. The fourth-order valence-corrected chi connectivity index (χ4v) is 4.02. The predicted molar refractivity (Wildman–Crippen MR) is 75.2 cm³/mol. The number of rotatable bonds is 1. The molecule has 2 fully saturated rings. The molecule has 0 radical (unpaired) electrons. The van der Waals surface area contributed by atoms with Crippen molar-refractivity contribution in [2.24, 2.45) is 10.8 Å². The molecule has 5 nitrogen and oxygen atoms in total. The van der Waals surface area contributed by atoms with Crippen molar-refractivity contribution in [3.8, 4) is 0 Å². The Balaban J connectivity index is 2.28. The van der Waals surface area contributed by atoms with Crippen LogP contribution >= 0.6 is 0 Å². The van der Waals surface area contributed by atoms with Gasteiger partial charge in [-0.3, -0.25) is 0 Å². The van der Waals surface area contributed by atoms with E-state index in [0.29, 0.717) is 6.42 Å². The predicted octanol–water partition coefficient (Wildman–Crippen LogP) is 1.81. The molecule has 3 N–H and O–H groups in total. The van der Waals surface area contributed by atoms with Crippen LogP contribution in [0.1, 0.15) is 54.4 Å². The second kappa shape index (κ2) is 4.10. The Morgan fingerprint density at radius 1 is 1.15 bits per heavy atom. The molecule has 1 amide bonds. The molecule has 116 valence electrons. The van der Waals surface area contributed by atoms with Gasteiger partial charge in [-0.05, 0) is 39.0 Å². The Hall–Kier alpha value is -0.810. The van der Waals surface area contributed by atoms with E-state index in [2.05, 4.69) is 5.32 Å². The van der Waals surface area contributed by atoms with Crippen molar-refractivity contribution in [2.45, 2.75) is 77.7 Å². The van der Waals surface area contributed by atoms with E-state index in [1.54, 1.807) is 20.8 Å². The van der Waals surface area contributed by atoms with Crippen molar-refractivity contribution >= 4 is 6.09 Å². The number of fused-ring (bicyclic) bond motifs is 2. The van der Waals surface area contributed by atoms with Gasteiger partial charge in [0.15, 0.2) is 0 Å². The molecule has 2 rings (SSSR count). The average Bonchev–Trinajstić information content (AvgIpc) is 2.50. The van der Waals surface area contributed by atoms with E-state index in [4.69, 9.17) is 4.74 Å². The molecule has 0 aliphatic heterocycles. The molecule has 0 aromatic rings. The second-order valence-electron chi connectivity index (χ2n) is 8.03. The van der Waals surface area contributed by atoms with Gasteiger partial charge in [0, 0.05) is 5.41 Å². The van der Waals surface area contributed by atoms with Crippen LogP contribution in [0, 0.1) is 10.8 Å². The highest BCUT2D eigenvalue weighted by molar-refractivity contribution is 5.69. The van der Waals surface area contributed by atoms with E-state index in [9.17, 15) is 15.0 Å². The molecule has 2 bridgehead atoms. The van der Waals surface area contributed by atoms with Crippen LogP contribution in [0.3, 0.4) is 0 Å². The lowest BCUT2D eigenvalue weighted by molar-refractivity contribution is -0.0598. The Morgan fingerprint density at radius 2 is 1.70 bits per heavy atom. The van der Waals surface area contributed by atoms with Crippen LogP contribution < -0.4 is 5.32 Å². The van der Waals surface area contributed by atoms with Crippen LogP contribution in [0.4, 0.5) is 4.79 Å². The Labute approximate surface area is 120 Å². The van der Waals surface area contributed by atoms with Crippen LogP contribution in [-0.2, 0) is 4.74 Å². The third-order valence-electron chi connectivity index (χ3n) is 5.76. The fraction of sp³-hybridized carbons (Fsp3) is 0.933. The van der Waals surface area contributed by atoms with Crippen molar-refractivity contribution in [3.63, 3.8) is 0 Å². The van der Waals surface area contributed by atoms with Gasteiger partial charge < -0.3 is 20.3 Å². The van der Waals surface area contributed by atoms with Gasteiger partial charge in [-0.25, -0.2) is 4.79 Å². The third kappa shape index (κ3) is 1.79. The van der Waals surface area contributed by atoms with Gasteiger partial charge in [0.1, 0.15) is 11.7 Å². The van der Waals surface area contributed by atoms with Crippen LogP contribution in [0.25, 0.3) is 0 Å². The maximum atomic E-state index is 12.1. The molecule has 20 heavy (non-hydrogen) atoms. The number of alkyl carbamates (subject to hydrolysis) is 1. The molecule has 2 aliphatic rings. The van der Waals surface area contributed by atoms with E-state index in [1.165, 1.54) is 0 Å². The summed E-state index contributed by atoms with van der Waals surface area (Å²) in [6, 6.07) is 0. The summed E-state index contributed by atoms with van der Waals surface area (Å²) in [6.45, 7) is 11.4. The van der Waals surface area contributed by atoms with Gasteiger partial charge in [-0.2, -0.15) is 0 Å². The molecule has 0 unspecified atom stereocenters. The van der Waals surface area contributed by atoms with E-state index in [-0.39, 0.29) is 0 Å². The molecular weight excluding hydrogens is 258 g/mol. The normalized spacial score (nSPS) is 42.6. The highest BCUT2D eigenvalue weighted by Gasteiger charge is 2.74. The van der Waals surface area contributed by atoms with Gasteiger partial charge in [0.25, 0.3) is 0 Å². The standard InChI is InChI=1S/C15H27NO4/c1-12(2,3)20-11(19)16-15-8-7-14(6,13(15,4)5)9(17)10(15)18/h9-10,17-18H,7-8H2,1-6H3,(H,16,19)/t9-,10+,14+,15-/m0/s1. The number of aliphatic hydroxyl groups is 2. The lowest BCUT2D eigenvalue weighted by Crippen LogP contribution is -2.61. The molecule has 0 spiro atoms. The summed E-state index contributed by atoms with van der Waals surface area (Å²) < 4.78 is 5.31. The lowest BCUT2D eigenvalue weighted by atomic mass is 9.68. The fourth-order valence-electron chi connectivity index (χ4n) is 4.02. The van der Waals surface area contributed by atoms with Crippen LogP contribution in [-0.4, -0.2) is 39.7 Å². The number of hydrogen-bond donors (Lipinski definition) is 3. The van der Waals surface area contributed by atoms with E-state index >= 15 is 0 Å². The second-order valence-corrected chi connectivity index (χ2v) is 8.03. The minimum Gasteiger partial charge on any atom is -0.444 e. The highest BCUT2D eigenvalue weighted by atomic mass is 16.6. The molecule has 0 saturated heterocycles. The van der Waals surface area contributed by atoms with Gasteiger partial charge in [0.2, 0.25) is 0 Å². The zero-order valence-corrected chi connectivity index (χ0v) is 13.3. The number of carbonyl (C=O) groups excluding carboxylic acids is 1. The number of nitrogens with one attached hydrogen (secondary N) is 1. The lowest BCUT2D eigenvalue weighted by Gasteiger charge is -2.42. The average molecular weight is 285 g/mol. The maximum absolute atomic E-state index is 12.1. The number of hydrogen-bond acceptors (Lipinski definition) is 4. The van der Waals surface area contributed by atoms with Crippen molar-refractivity contribution in [2.75, 3.05) is 0 Å². The summed E-state index contributed by atoms with van der Waals surface area (Å²) in [5.74, 6) is 0. The Bertz CT molecular complexity index is 428. The maximum Gasteiger partial charge on any atom is 0.408 e. The molecule has 2 saturated carbocycles. The number of amides is 1. The van der Waals surface area contributed by atoms with Crippen molar-refractivity contribution in [1.82, 2.24) is 5.32 Å². The first kappa shape index (κ1) is 15.6. The summed E-state index contributed by atoms with van der Waals surface area (Å²) in [6.07, 6.45) is -0.921. The van der Waals surface area contributed by atoms with E-state index in [1.807, 2.05) is 20.8 Å². The van der Waals surface area contributed by atoms with Crippen LogP contribution in [0.15, 0.2) is 0 Å². The third-order valence-corrected chi connectivity index (χ3v) is 5.76. The number of aliphatic hydroxyl groups excluding tert-OH is 2. The first-order valence-corrected chi connectivity index (χ1v) is 7.25. The van der Waals surface area contributed by atoms with Gasteiger partial charge >= 0.3 is 6.09 Å². The van der Waals surface area contributed by atoms with Gasteiger partial charge in [-0.1, -0.05) is 20.8 Å². The molecule has 5 heteroatoms. The summed E-state index contributed by atoms with van der Waals surface area (Å²) in [5.41, 5.74) is -2.23. The summed E-state index contributed by atoms with van der Waals surface area (Å²) in [5, 5.41) is 23.7. The zero-order valence-electron chi connectivity index (χ0n) is 13.3. The molecular formula is C15H27NO4. The highest BCUT2D eigenvalue weighted by Crippen LogP contribution is 2.67. The molecule has 2 aliphatic carbocycles. The zero-order chi connectivity index (χ0) is 15.6. The first-order chi connectivity index (χ1) is 8.87. The summed E-state index contributed by atoms with van der Waals surface area (Å²) in [4.78, 5) is 12.1. The summed E-state index contributed by atoms with van der Waals surface area (Å²) in [7, 11) is 0. The first-order valence-electron chi connectivity index (χ1n) is 7.25. The van der Waals surface area contributed by atoms with Gasteiger partial charge in [-0.15, -0.1) is 0 Å². The van der Waals surface area contributed by atoms with E-state index < -0.39 is 40.3 Å². The number of ether oxygens (including phenoxy) is 1. The molecule has 4 atom stereocenters. The van der Waals surface area contributed by atoms with Crippen molar-refractivity contribution in [3.05, 3.63) is 0 Å².